The largest absolute Gasteiger partial charge is 0.454 e. The first-order valence-corrected chi connectivity index (χ1v) is 24.5. The van der Waals surface area contributed by atoms with E-state index in [-0.39, 0.29) is 0 Å². The second-order valence-corrected chi connectivity index (χ2v) is 18.7. The van der Waals surface area contributed by atoms with Crippen molar-refractivity contribution in [3.63, 3.8) is 0 Å². The normalized spacial score (nSPS) is 12.0. The van der Waals surface area contributed by atoms with Gasteiger partial charge in [0, 0.05) is 124 Å². The molecule has 0 aliphatic heterocycles. The Morgan fingerprint density at radius 3 is 0.440 bits per heavy atom. The van der Waals surface area contributed by atoms with Crippen LogP contribution in [-0.2, 0) is 0 Å². The lowest BCUT2D eigenvalue weighted by Gasteiger charge is -2.23. The summed E-state index contributed by atoms with van der Waals surface area (Å²) in [6, 6.07) is 31.3. The van der Waals surface area contributed by atoms with Crippen molar-refractivity contribution in [3.8, 4) is 0 Å². The van der Waals surface area contributed by atoms with E-state index in [1.165, 1.54) is 0 Å². The number of hydrogen-bond donors (Lipinski definition) is 0. The molecule has 0 saturated heterocycles. The molecule has 0 aliphatic carbocycles. The third kappa shape index (κ3) is 6.11. The van der Waals surface area contributed by atoms with Crippen LogP contribution in [0.3, 0.4) is 0 Å². The minimum Gasteiger partial charge on any atom is -0.286 e. The van der Waals surface area contributed by atoms with Crippen molar-refractivity contribution < 1.29 is 0 Å². The molecule has 20 nitrogen and oxygen atoms in total. The van der Waals surface area contributed by atoms with E-state index < -0.39 is 34.9 Å². The molecule has 0 bridgehead atoms. The second-order valence-electron chi connectivity index (χ2n) is 18.7. The van der Waals surface area contributed by atoms with Crippen molar-refractivity contribution in [1.29, 1.82) is 0 Å². The summed E-state index contributed by atoms with van der Waals surface area (Å²) in [5, 5.41) is 60.0. The molecule has 0 fully saturated rings. The molecular weight excluding hydrogens is 935 g/mol. The zero-order chi connectivity index (χ0) is 49.1. The molecule has 16 aromatic rings. The van der Waals surface area contributed by atoms with Crippen molar-refractivity contribution >= 4 is 116 Å². The third-order valence-corrected chi connectivity index (χ3v) is 14.8. The summed E-state index contributed by atoms with van der Waals surface area (Å²) in [6.45, 7) is -2.59. The van der Waals surface area contributed by atoms with E-state index in [9.17, 15) is 0 Å². The van der Waals surface area contributed by atoms with Crippen LogP contribution >= 0.6 is 0 Å². The van der Waals surface area contributed by atoms with Gasteiger partial charge in [0.25, 0.3) is 0 Å². The van der Waals surface area contributed by atoms with Gasteiger partial charge >= 0.3 is 34.9 Å². The summed E-state index contributed by atoms with van der Waals surface area (Å²) in [5.41, 5.74) is 4.91. The fourth-order valence-corrected chi connectivity index (χ4v) is 12.0. The highest BCUT2D eigenvalue weighted by Gasteiger charge is 2.41. The van der Waals surface area contributed by atoms with E-state index in [0.717, 1.165) is 81.2 Å². The predicted molar refractivity (Wildman–Crippen MR) is 291 cm³/mol. The summed E-state index contributed by atoms with van der Waals surface area (Å²) in [4.78, 5) is 0. The van der Waals surface area contributed by atoms with Crippen LogP contribution in [0.5, 0.6) is 0 Å². The lowest BCUT2D eigenvalue weighted by atomic mass is 9.60. The highest BCUT2D eigenvalue weighted by molar-refractivity contribution is 6.81. The van der Waals surface area contributed by atoms with Crippen molar-refractivity contribution in [2.45, 2.75) is 0 Å². The Bertz CT molecular complexity index is 3620. The molecule has 10 aromatic heterocycles. The van der Waals surface area contributed by atoms with Gasteiger partial charge in [-0.3, -0.25) is 45.9 Å². The number of aromatic nitrogens is 20. The average molecular weight is 970 g/mol. The first kappa shape index (κ1) is 41.4. The van der Waals surface area contributed by atoms with Crippen LogP contribution in [0.15, 0.2) is 215 Å². The minimum atomic E-state index is -0.518. The standard InChI is InChI=1S/C50H35B5N20/c1-11-56-66(21-1)51(67-22-2-12-57-67)41-31-37-43(53(70-25-5-15-60-70)71-26-6-16-61-71)33-39-45(55(74-29-9-19-64-74)75-30-10-20-65-75)35-40-44(54(72-27-7-17-62-72)73-28-8-18-63-73)34-38-42(32-36(41)46-47(37)49(39)50(40)48(38)46)52(68-23-3-13-58-68)69-24-4-14-59-69/h1-35H. The molecule has 0 unspecified atom stereocenters. The Kier molecular flexibility index (Phi) is 8.93. The van der Waals surface area contributed by atoms with E-state index in [2.05, 4.69) is 30.3 Å². The number of hydrogen-bond acceptors (Lipinski definition) is 10. The Morgan fingerprint density at radius 2 is 0.333 bits per heavy atom. The van der Waals surface area contributed by atoms with Gasteiger partial charge < -0.3 is 0 Å². The number of benzene rings is 5. The minimum absolute atomic E-state index is 0.518. The van der Waals surface area contributed by atoms with E-state index >= 15 is 0 Å². The van der Waals surface area contributed by atoms with Crippen LogP contribution in [0, 0.1) is 0 Å². The Morgan fingerprint density at radius 1 is 0.200 bits per heavy atom. The quantitative estimate of drug-likeness (QED) is 0.109. The monoisotopic (exact) mass is 970 g/mol. The highest BCUT2D eigenvalue weighted by atomic mass is 15.4. The van der Waals surface area contributed by atoms with E-state index in [1.807, 2.05) is 231 Å². The molecule has 0 aliphatic rings. The Labute approximate surface area is 426 Å². The average Bonchev–Trinajstić information content (AvgIpc) is 4.47. The van der Waals surface area contributed by atoms with Gasteiger partial charge in [-0.15, -0.1) is 0 Å². The molecule has 10 heterocycles. The van der Waals surface area contributed by atoms with Gasteiger partial charge in [-0.25, -0.2) is 0 Å². The summed E-state index contributed by atoms with van der Waals surface area (Å²) in [6.07, 6.45) is 38.2. The van der Waals surface area contributed by atoms with Gasteiger partial charge in [0.15, 0.2) is 0 Å². The van der Waals surface area contributed by atoms with Crippen LogP contribution in [-0.4, -0.2) is 132 Å². The molecule has 0 spiro atoms. The number of rotatable bonds is 15. The van der Waals surface area contributed by atoms with E-state index in [0.29, 0.717) is 0 Å². The van der Waals surface area contributed by atoms with Crippen LogP contribution in [0.2, 0.25) is 0 Å². The number of nitrogens with zero attached hydrogens (tertiary/aromatic N) is 20. The van der Waals surface area contributed by atoms with Crippen molar-refractivity contribution in [2.24, 2.45) is 0 Å². The van der Waals surface area contributed by atoms with Crippen molar-refractivity contribution in [2.75, 3.05) is 0 Å². The molecule has 0 N–H and O–H groups in total. The van der Waals surface area contributed by atoms with Crippen molar-refractivity contribution in [3.05, 3.63) is 215 Å². The molecule has 0 atom stereocenters. The molecule has 25 heteroatoms. The maximum Gasteiger partial charge on any atom is 0.454 e. The Balaban J connectivity index is 1.17. The van der Waals surface area contributed by atoms with Gasteiger partial charge in [-0.2, -0.15) is 51.0 Å². The topological polar surface area (TPSA) is 178 Å². The first-order valence-electron chi connectivity index (χ1n) is 24.5. The molecular formula is C50H35B5N20. The molecule has 0 saturated carbocycles. The molecule has 350 valence electrons. The zero-order valence-electron chi connectivity index (χ0n) is 39.5. The molecule has 0 amide bonds. The summed E-state index contributed by atoms with van der Waals surface area (Å²) >= 11 is 0. The molecule has 75 heavy (non-hydrogen) atoms. The second kappa shape index (κ2) is 16.2. The lowest BCUT2D eigenvalue weighted by molar-refractivity contribution is 0.865. The maximum absolute atomic E-state index is 4.94. The molecule has 16 rings (SSSR count). The van der Waals surface area contributed by atoms with E-state index in [4.69, 9.17) is 51.0 Å². The SMILES string of the molecule is c1cnn(B(c2cc3c(B(n4cccn4)n4cccn4)cc4c(B(n5cccn5)n5cccn5)cc5c(B(n6cccn6)n6cccn6)cc6c(B(n7cccn7)n7cccn7)cc2c2c6c5c4c32)n2cccn2)c1. The fraction of sp³-hybridized carbons (Fsp3) is 0. The Hall–Kier alpha value is -10.2. The van der Waals surface area contributed by atoms with Crippen LogP contribution < -0.4 is 27.3 Å². The smallest absolute Gasteiger partial charge is 0.286 e. The maximum atomic E-state index is 4.94. The summed E-state index contributed by atoms with van der Waals surface area (Å²) in [5.74, 6) is 0. The van der Waals surface area contributed by atoms with Gasteiger partial charge in [-0.1, -0.05) is 30.3 Å². The van der Waals surface area contributed by atoms with Crippen molar-refractivity contribution in [1.82, 2.24) is 96.9 Å². The van der Waals surface area contributed by atoms with E-state index in [1.54, 1.807) is 0 Å². The predicted octanol–water partition coefficient (Wildman–Crippen LogP) is 1.69. The third-order valence-electron chi connectivity index (χ3n) is 14.8. The van der Waals surface area contributed by atoms with Gasteiger partial charge in [0.2, 0.25) is 0 Å². The van der Waals surface area contributed by atoms with Crippen LogP contribution in [0.1, 0.15) is 0 Å². The lowest BCUT2D eigenvalue weighted by Crippen LogP contribution is -2.50. The molecule has 0 radical (unpaired) electrons. The first-order chi connectivity index (χ1) is 37.2. The van der Waals surface area contributed by atoms with Gasteiger partial charge in [0.05, 0.1) is 0 Å². The van der Waals surface area contributed by atoms with Crippen LogP contribution in [0.4, 0.5) is 0 Å². The summed E-state index contributed by atoms with van der Waals surface area (Å²) in [7, 11) is 0. The van der Waals surface area contributed by atoms with Gasteiger partial charge in [0.1, 0.15) is 0 Å². The summed E-state index contributed by atoms with van der Waals surface area (Å²) < 4.78 is 19.8. The van der Waals surface area contributed by atoms with Crippen LogP contribution in [0.25, 0.3) is 53.9 Å². The zero-order valence-corrected chi connectivity index (χ0v) is 39.5. The fourth-order valence-electron chi connectivity index (χ4n) is 12.0. The highest BCUT2D eigenvalue weighted by Crippen LogP contribution is 2.47. The molecule has 6 aromatic carbocycles. The van der Waals surface area contributed by atoms with Gasteiger partial charge in [-0.05, 0) is 142 Å².